The van der Waals surface area contributed by atoms with Gasteiger partial charge in [-0.3, -0.25) is 0 Å². The minimum atomic E-state index is 0.488. The van der Waals surface area contributed by atoms with E-state index in [1.165, 1.54) is 29.8 Å². The Labute approximate surface area is 120 Å². The third-order valence-electron chi connectivity index (χ3n) is 3.36. The molecule has 0 radical (unpaired) electrons. The van der Waals surface area contributed by atoms with Gasteiger partial charge in [0.15, 0.2) is 0 Å². The van der Waals surface area contributed by atoms with E-state index in [1.807, 2.05) is 11.3 Å². The van der Waals surface area contributed by atoms with Crippen LogP contribution in [0.5, 0.6) is 0 Å². The maximum atomic E-state index is 5.72. The second-order valence-corrected chi connectivity index (χ2v) is 7.04. The van der Waals surface area contributed by atoms with Crippen molar-refractivity contribution in [3.8, 4) is 0 Å². The zero-order valence-corrected chi connectivity index (χ0v) is 12.5. The second-order valence-electron chi connectivity index (χ2n) is 4.57. The van der Waals surface area contributed by atoms with E-state index < -0.39 is 0 Å². The van der Waals surface area contributed by atoms with Crippen molar-refractivity contribution in [3.63, 3.8) is 0 Å². The fraction of sp³-hybridized carbons (Fsp3) is 0.538. The lowest BCUT2D eigenvalue weighted by Gasteiger charge is -2.19. The van der Waals surface area contributed by atoms with Crippen molar-refractivity contribution in [1.82, 2.24) is 10.2 Å². The molecule has 2 nitrogen and oxygen atoms in total. The summed E-state index contributed by atoms with van der Waals surface area (Å²) in [5, 5.41) is 13.2. The molecule has 2 heterocycles. The predicted molar refractivity (Wildman–Crippen MR) is 78.1 cm³/mol. The number of aromatic nitrogens is 2. The van der Waals surface area contributed by atoms with Gasteiger partial charge in [0.25, 0.3) is 0 Å². The fourth-order valence-corrected chi connectivity index (χ4v) is 4.63. The Morgan fingerprint density at radius 3 is 3.22 bits per heavy atom. The van der Waals surface area contributed by atoms with Crippen LogP contribution in [0.1, 0.15) is 45.6 Å². The molecule has 0 saturated heterocycles. The molecule has 0 N–H and O–H groups in total. The number of aryl methyl sites for hydroxylation is 2. The molecule has 0 amide bonds. The first-order valence-electron chi connectivity index (χ1n) is 6.33. The number of alkyl halides is 1. The molecule has 0 fully saturated rings. The highest BCUT2D eigenvalue weighted by Gasteiger charge is 2.25. The molecule has 1 atom stereocenters. The molecule has 5 heteroatoms. The van der Waals surface area contributed by atoms with Crippen molar-refractivity contribution < 1.29 is 0 Å². The minimum absolute atomic E-state index is 0.488. The van der Waals surface area contributed by atoms with Crippen molar-refractivity contribution in [2.75, 3.05) is 5.88 Å². The number of hydrogen-bond acceptors (Lipinski definition) is 4. The molecule has 0 aliphatic heterocycles. The van der Waals surface area contributed by atoms with Gasteiger partial charge in [-0.05, 0) is 42.7 Å². The fourth-order valence-electron chi connectivity index (χ4n) is 2.47. The van der Waals surface area contributed by atoms with Gasteiger partial charge in [-0.2, -0.15) is 0 Å². The lowest BCUT2D eigenvalue weighted by atomic mass is 9.88. The van der Waals surface area contributed by atoms with Crippen LogP contribution in [0.3, 0.4) is 0 Å². The molecule has 1 aliphatic carbocycles. The van der Waals surface area contributed by atoms with Gasteiger partial charge in [0.1, 0.15) is 10.0 Å². The molecule has 0 spiro atoms. The molecule has 2 aromatic heterocycles. The summed E-state index contributed by atoms with van der Waals surface area (Å²) in [6, 6.07) is 2.27. The topological polar surface area (TPSA) is 25.8 Å². The summed E-state index contributed by atoms with van der Waals surface area (Å²) >= 11 is 9.37. The molecule has 0 bridgehead atoms. The molecule has 18 heavy (non-hydrogen) atoms. The number of halogens is 1. The van der Waals surface area contributed by atoms with Crippen LogP contribution in [0.25, 0.3) is 0 Å². The lowest BCUT2D eigenvalue weighted by Crippen LogP contribution is -2.08. The molecule has 2 aromatic rings. The van der Waals surface area contributed by atoms with Crippen molar-refractivity contribution in [2.24, 2.45) is 0 Å². The molecule has 3 rings (SSSR count). The Morgan fingerprint density at radius 1 is 1.39 bits per heavy atom. The van der Waals surface area contributed by atoms with Gasteiger partial charge >= 0.3 is 0 Å². The van der Waals surface area contributed by atoms with Crippen LogP contribution in [-0.4, -0.2) is 16.1 Å². The first-order chi connectivity index (χ1) is 8.88. The van der Waals surface area contributed by atoms with E-state index >= 15 is 0 Å². The van der Waals surface area contributed by atoms with Crippen molar-refractivity contribution in [1.29, 1.82) is 0 Å². The summed E-state index contributed by atoms with van der Waals surface area (Å²) in [5.41, 5.74) is 1.49. The van der Waals surface area contributed by atoms with E-state index in [0.717, 1.165) is 17.8 Å². The average molecular weight is 299 g/mol. The zero-order valence-electron chi connectivity index (χ0n) is 10.1. The van der Waals surface area contributed by atoms with E-state index in [4.69, 9.17) is 11.6 Å². The predicted octanol–water partition coefficient (Wildman–Crippen LogP) is 4.24. The Morgan fingerprint density at radius 2 is 2.33 bits per heavy atom. The number of rotatable bonds is 4. The smallest absolute Gasteiger partial charge is 0.124 e. The molecule has 0 aromatic carbocycles. The van der Waals surface area contributed by atoms with E-state index in [2.05, 4.69) is 21.6 Å². The standard InChI is InChI=1S/C13H15ClN2S2/c14-7-2-5-12-15-16-13(18-12)10-3-1-4-11-9(10)6-8-17-11/h6,8,10H,1-5,7H2. The van der Waals surface area contributed by atoms with E-state index in [1.54, 1.807) is 16.2 Å². The van der Waals surface area contributed by atoms with Crippen LogP contribution >= 0.6 is 34.3 Å². The lowest BCUT2D eigenvalue weighted by molar-refractivity contribution is 0.617. The second kappa shape index (κ2) is 5.68. The SMILES string of the molecule is ClCCCc1nnc(C2CCCc3sccc32)s1. The number of nitrogens with zero attached hydrogens (tertiary/aromatic N) is 2. The molecule has 1 aliphatic rings. The number of thiophene rings is 1. The van der Waals surface area contributed by atoms with E-state index in [-0.39, 0.29) is 0 Å². The normalized spacial score (nSPS) is 18.8. The molecular weight excluding hydrogens is 284 g/mol. The van der Waals surface area contributed by atoms with Gasteiger partial charge in [-0.25, -0.2) is 0 Å². The Hall–Kier alpha value is -0.450. The van der Waals surface area contributed by atoms with Crippen LogP contribution < -0.4 is 0 Å². The highest BCUT2D eigenvalue weighted by Crippen LogP contribution is 2.40. The van der Waals surface area contributed by atoms with E-state index in [0.29, 0.717) is 11.8 Å². The summed E-state index contributed by atoms with van der Waals surface area (Å²) in [6.07, 6.45) is 5.68. The van der Waals surface area contributed by atoms with Gasteiger partial charge in [0.05, 0.1) is 0 Å². The van der Waals surface area contributed by atoms with Crippen LogP contribution in [0.15, 0.2) is 11.4 Å². The van der Waals surface area contributed by atoms with Gasteiger partial charge in [0, 0.05) is 23.1 Å². The zero-order chi connectivity index (χ0) is 12.4. The highest BCUT2D eigenvalue weighted by molar-refractivity contribution is 7.11. The number of hydrogen-bond donors (Lipinski definition) is 0. The molecule has 0 saturated carbocycles. The van der Waals surface area contributed by atoms with Crippen LogP contribution in [-0.2, 0) is 12.8 Å². The van der Waals surface area contributed by atoms with Gasteiger partial charge in [0.2, 0.25) is 0 Å². The van der Waals surface area contributed by atoms with Gasteiger partial charge in [-0.15, -0.1) is 44.5 Å². The number of fused-ring (bicyclic) bond motifs is 1. The summed E-state index contributed by atoms with van der Waals surface area (Å²) in [5.74, 6) is 1.19. The van der Waals surface area contributed by atoms with Crippen molar-refractivity contribution >= 4 is 34.3 Å². The monoisotopic (exact) mass is 298 g/mol. The van der Waals surface area contributed by atoms with Crippen molar-refractivity contribution in [3.05, 3.63) is 31.9 Å². The summed E-state index contributed by atoms with van der Waals surface area (Å²) in [7, 11) is 0. The van der Waals surface area contributed by atoms with Crippen LogP contribution in [0.4, 0.5) is 0 Å². The summed E-state index contributed by atoms with van der Waals surface area (Å²) < 4.78 is 0. The summed E-state index contributed by atoms with van der Waals surface area (Å²) in [6.45, 7) is 0. The minimum Gasteiger partial charge on any atom is -0.149 e. The first kappa shape index (κ1) is 12.6. The molecule has 1 unspecified atom stereocenters. The van der Waals surface area contributed by atoms with Crippen LogP contribution in [0.2, 0.25) is 0 Å². The Kier molecular flexibility index (Phi) is 3.97. The Balaban J connectivity index is 1.82. The summed E-state index contributed by atoms with van der Waals surface area (Å²) in [4.78, 5) is 1.55. The maximum Gasteiger partial charge on any atom is 0.124 e. The first-order valence-corrected chi connectivity index (χ1v) is 8.56. The maximum absolute atomic E-state index is 5.72. The van der Waals surface area contributed by atoms with Crippen molar-refractivity contribution in [2.45, 2.75) is 38.0 Å². The van der Waals surface area contributed by atoms with Gasteiger partial charge < -0.3 is 0 Å². The molecule has 96 valence electrons. The highest BCUT2D eigenvalue weighted by atomic mass is 35.5. The quantitative estimate of drug-likeness (QED) is 0.789. The van der Waals surface area contributed by atoms with Gasteiger partial charge in [-0.1, -0.05) is 0 Å². The van der Waals surface area contributed by atoms with E-state index in [9.17, 15) is 0 Å². The largest absolute Gasteiger partial charge is 0.149 e. The Bertz CT molecular complexity index is 521. The third kappa shape index (κ3) is 2.46. The van der Waals surface area contributed by atoms with Crippen LogP contribution in [0, 0.1) is 0 Å². The average Bonchev–Trinajstić information content (AvgIpc) is 3.04. The molecular formula is C13H15ClN2S2. The third-order valence-corrected chi connectivity index (χ3v) is 5.72.